The number of pyridine rings is 1. The van der Waals surface area contributed by atoms with Gasteiger partial charge in [-0.05, 0) is 74.4 Å². The topological polar surface area (TPSA) is 107 Å². The van der Waals surface area contributed by atoms with Crippen LogP contribution in [0.25, 0.3) is 0 Å². The second-order valence-electron chi connectivity index (χ2n) is 10.5. The molecule has 1 amide bonds. The number of amides is 1. The van der Waals surface area contributed by atoms with Crippen LogP contribution in [0.1, 0.15) is 55.2 Å². The van der Waals surface area contributed by atoms with Crippen LogP contribution in [0.5, 0.6) is 5.75 Å². The molecule has 0 bridgehead atoms. The van der Waals surface area contributed by atoms with Gasteiger partial charge in [-0.3, -0.25) is 10.1 Å². The molecule has 0 spiro atoms. The van der Waals surface area contributed by atoms with E-state index in [1.165, 1.54) is 29.2 Å². The van der Waals surface area contributed by atoms with Crippen molar-refractivity contribution in [3.8, 4) is 17.6 Å². The van der Waals surface area contributed by atoms with E-state index in [0.717, 1.165) is 12.1 Å². The first kappa shape index (κ1) is 33.1. The summed E-state index contributed by atoms with van der Waals surface area (Å²) in [5, 5.41) is 12.4. The Morgan fingerprint density at radius 1 is 1.02 bits per heavy atom. The van der Waals surface area contributed by atoms with Crippen molar-refractivity contribution in [3.05, 3.63) is 99.4 Å². The minimum Gasteiger partial charge on any atom is -0.406 e. The Morgan fingerprint density at radius 3 is 2.33 bits per heavy atom. The monoisotopic (exact) mass is 636 g/mol. The lowest BCUT2D eigenvalue weighted by Gasteiger charge is -2.29. The molecule has 0 saturated carbocycles. The maximum Gasteiger partial charge on any atom is 0.573 e. The quantitative estimate of drug-likeness (QED) is 0.0964. The van der Waals surface area contributed by atoms with Crippen molar-refractivity contribution in [3.63, 3.8) is 0 Å². The minimum atomic E-state index is -4.94. The van der Waals surface area contributed by atoms with E-state index in [0.29, 0.717) is 16.8 Å². The maximum atomic E-state index is 13.9. The average molecular weight is 637 g/mol. The van der Waals surface area contributed by atoms with E-state index in [1.54, 1.807) is 44.2 Å². The third-order valence-electron chi connectivity index (χ3n) is 6.80. The molecule has 45 heavy (non-hydrogen) atoms. The van der Waals surface area contributed by atoms with Crippen LogP contribution in [0.2, 0.25) is 0 Å². The van der Waals surface area contributed by atoms with E-state index in [-0.39, 0.29) is 25.1 Å². The summed E-state index contributed by atoms with van der Waals surface area (Å²) < 4.78 is 82.9. The van der Waals surface area contributed by atoms with E-state index >= 15 is 0 Å². The average Bonchev–Trinajstić information content (AvgIpc) is 3.27. The van der Waals surface area contributed by atoms with Gasteiger partial charge in [0, 0.05) is 17.7 Å². The summed E-state index contributed by atoms with van der Waals surface area (Å²) in [6, 6.07) is 13.3. The first-order valence-corrected chi connectivity index (χ1v) is 13.4. The summed E-state index contributed by atoms with van der Waals surface area (Å²) in [6.07, 6.45) is -9.48. The number of carbonyl (C=O) groups excluding carboxylic acids is 1. The number of benzene rings is 2. The van der Waals surface area contributed by atoms with Crippen molar-refractivity contribution in [1.29, 1.82) is 0 Å². The van der Waals surface area contributed by atoms with Crippen molar-refractivity contribution < 1.29 is 45.8 Å². The van der Waals surface area contributed by atoms with Crippen molar-refractivity contribution in [1.82, 2.24) is 10.3 Å². The van der Waals surface area contributed by atoms with Crippen LogP contribution >= 0.6 is 0 Å². The molecule has 1 saturated heterocycles. The summed E-state index contributed by atoms with van der Waals surface area (Å²) in [4.78, 5) is 33.5. The summed E-state index contributed by atoms with van der Waals surface area (Å²) in [6.45, 7) is 2.94. The number of hydrogen-bond donors (Lipinski definition) is 1. The number of nitrogens with one attached hydrogen (secondary N) is 1. The molecule has 0 radical (unpaired) electrons. The van der Waals surface area contributed by atoms with Crippen molar-refractivity contribution in [2.45, 2.75) is 56.9 Å². The van der Waals surface area contributed by atoms with E-state index in [9.17, 15) is 41.3 Å². The predicted molar refractivity (Wildman–Crippen MR) is 148 cm³/mol. The molecule has 0 unspecified atom stereocenters. The fourth-order valence-corrected chi connectivity index (χ4v) is 4.87. The minimum absolute atomic E-state index is 0.0345. The number of carbonyl (C=O) groups is 1. The molecule has 1 aromatic heterocycles. The van der Waals surface area contributed by atoms with Gasteiger partial charge < -0.3 is 14.5 Å². The molecule has 1 aliphatic heterocycles. The van der Waals surface area contributed by atoms with Gasteiger partial charge in [0.25, 0.3) is 5.09 Å². The van der Waals surface area contributed by atoms with Gasteiger partial charge in [-0.15, -0.1) is 23.3 Å². The van der Waals surface area contributed by atoms with Gasteiger partial charge in [-0.1, -0.05) is 30.0 Å². The fraction of sp³-hybridized carbons (Fsp3) is 0.333. The van der Waals surface area contributed by atoms with E-state index in [4.69, 9.17) is 0 Å². The van der Waals surface area contributed by atoms with Gasteiger partial charge in [0.2, 0.25) is 5.91 Å². The molecule has 2 heterocycles. The second kappa shape index (κ2) is 13.0. The highest BCUT2D eigenvalue weighted by atomic mass is 19.4. The molecule has 1 aliphatic rings. The third kappa shape index (κ3) is 8.63. The zero-order valence-electron chi connectivity index (χ0n) is 23.8. The van der Waals surface area contributed by atoms with Crippen LogP contribution in [-0.4, -0.2) is 35.0 Å². The molecule has 9 nitrogen and oxygen atoms in total. The van der Waals surface area contributed by atoms with Gasteiger partial charge in [0.05, 0.1) is 23.3 Å². The van der Waals surface area contributed by atoms with Crippen LogP contribution in [0.4, 0.5) is 32.0 Å². The molecule has 1 N–H and O–H groups in total. The highest BCUT2D eigenvalue weighted by molar-refractivity contribution is 6.00. The van der Waals surface area contributed by atoms with Crippen LogP contribution in [-0.2, 0) is 21.3 Å². The third-order valence-corrected chi connectivity index (χ3v) is 6.80. The molecule has 238 valence electrons. The standard InChI is InChI=1S/C30H26F6N4O5/c1-28(2,25-10-6-11-26(37-25)29(31,32)33)38-23-18-24(20-8-5-9-22(17-20)45-30(34,35)36)39(27(23)41)21-14-12-19(13-15-21)7-3-4-16-44-40(42)43/h5-6,8-15,17,23-24,38H,4,16,18H2,1-2H3/t23-,24-/m1/s1. The molecule has 15 heteroatoms. The summed E-state index contributed by atoms with van der Waals surface area (Å²) in [7, 11) is 0. The molecule has 2 atom stereocenters. The number of halogens is 6. The maximum absolute atomic E-state index is 13.9. The Balaban J connectivity index is 1.64. The first-order valence-electron chi connectivity index (χ1n) is 13.4. The summed E-state index contributed by atoms with van der Waals surface area (Å²) in [5.74, 6) is 4.58. The highest BCUT2D eigenvalue weighted by Gasteiger charge is 2.44. The first-order chi connectivity index (χ1) is 21.0. The largest absolute Gasteiger partial charge is 0.573 e. The Hall–Kier alpha value is -4.84. The lowest BCUT2D eigenvalue weighted by Crippen LogP contribution is -2.48. The predicted octanol–water partition coefficient (Wildman–Crippen LogP) is 6.32. The molecule has 1 fully saturated rings. The fourth-order valence-electron chi connectivity index (χ4n) is 4.87. The van der Waals surface area contributed by atoms with E-state index in [1.807, 2.05) is 0 Å². The van der Waals surface area contributed by atoms with Crippen LogP contribution in [0, 0.1) is 22.0 Å². The van der Waals surface area contributed by atoms with Gasteiger partial charge >= 0.3 is 12.5 Å². The van der Waals surface area contributed by atoms with Crippen LogP contribution in [0.15, 0.2) is 66.7 Å². The van der Waals surface area contributed by atoms with E-state index < -0.39 is 52.6 Å². The van der Waals surface area contributed by atoms with Gasteiger partial charge in [-0.2, -0.15) is 13.2 Å². The van der Waals surface area contributed by atoms with Gasteiger partial charge in [0.15, 0.2) is 0 Å². The number of hydrogen-bond acceptors (Lipinski definition) is 7. The molecule has 3 aromatic rings. The van der Waals surface area contributed by atoms with Gasteiger partial charge in [-0.25, -0.2) is 4.98 Å². The lowest BCUT2D eigenvalue weighted by atomic mass is 9.96. The molecule has 0 aliphatic carbocycles. The van der Waals surface area contributed by atoms with Crippen molar-refractivity contribution >= 4 is 11.6 Å². The smallest absolute Gasteiger partial charge is 0.406 e. The van der Waals surface area contributed by atoms with Crippen molar-refractivity contribution in [2.24, 2.45) is 0 Å². The summed E-state index contributed by atoms with van der Waals surface area (Å²) >= 11 is 0. The Kier molecular flexibility index (Phi) is 9.57. The Bertz CT molecular complexity index is 1600. The zero-order valence-corrected chi connectivity index (χ0v) is 23.8. The Morgan fingerprint density at radius 2 is 1.69 bits per heavy atom. The number of anilines is 1. The zero-order chi connectivity index (χ0) is 33.0. The number of ether oxygens (including phenoxy) is 1. The number of alkyl halides is 6. The van der Waals surface area contributed by atoms with Crippen LogP contribution < -0.4 is 15.0 Å². The Labute approximate surface area is 253 Å². The SMILES string of the molecule is CC(C)(N[C@@H]1C[C@H](c2cccc(OC(F)(F)F)c2)N(c2ccc(C#CCCO[N+](=O)[O-])cc2)C1=O)c1cccc(C(F)(F)F)n1. The molecule has 2 aromatic carbocycles. The normalized spacial score (nSPS) is 17.1. The number of nitrogens with zero attached hydrogens (tertiary/aromatic N) is 3. The second-order valence-corrected chi connectivity index (χ2v) is 10.5. The summed E-state index contributed by atoms with van der Waals surface area (Å²) in [5.41, 5.74) is -1.04. The molecular formula is C30H26F6N4O5. The van der Waals surface area contributed by atoms with Crippen molar-refractivity contribution in [2.75, 3.05) is 11.5 Å². The number of aromatic nitrogens is 1. The highest BCUT2D eigenvalue weighted by Crippen LogP contribution is 2.40. The van der Waals surface area contributed by atoms with E-state index in [2.05, 4.69) is 31.7 Å². The number of rotatable bonds is 9. The molecular weight excluding hydrogens is 610 g/mol. The van der Waals surface area contributed by atoms with Crippen LogP contribution in [0.3, 0.4) is 0 Å². The lowest BCUT2D eigenvalue weighted by molar-refractivity contribution is -0.757. The van der Waals surface area contributed by atoms with Gasteiger partial charge in [0.1, 0.15) is 18.1 Å². The molecule has 4 rings (SSSR count).